The molecule has 0 amide bonds. The van der Waals surface area contributed by atoms with Gasteiger partial charge in [0.15, 0.2) is 0 Å². The van der Waals surface area contributed by atoms with E-state index in [0.29, 0.717) is 6.42 Å². The molecule has 8 heteroatoms. The Hall–Kier alpha value is -0.990. The van der Waals surface area contributed by atoms with Gasteiger partial charge in [0.2, 0.25) is 10.0 Å². The Kier molecular flexibility index (Phi) is 6.30. The number of hydrogen-bond acceptors (Lipinski definition) is 4. The normalized spacial score (nSPS) is 14.5. The second-order valence-corrected chi connectivity index (χ2v) is 7.15. The molecule has 0 bridgehead atoms. The molecular weight excluding hydrogens is 365 g/mol. The Balaban J connectivity index is 3.11. The van der Waals surface area contributed by atoms with Crippen molar-refractivity contribution < 1.29 is 22.3 Å². The summed E-state index contributed by atoms with van der Waals surface area (Å²) in [7, 11) is -2.83. The quantitative estimate of drug-likeness (QED) is 0.768. The summed E-state index contributed by atoms with van der Waals surface area (Å²) in [4.78, 5) is 11.5. The van der Waals surface area contributed by atoms with Crippen molar-refractivity contribution in [2.24, 2.45) is 5.92 Å². The first kappa shape index (κ1) is 18.1. The fourth-order valence-corrected chi connectivity index (χ4v) is 3.19. The van der Waals surface area contributed by atoms with Gasteiger partial charge in [0, 0.05) is 0 Å². The van der Waals surface area contributed by atoms with Gasteiger partial charge in [-0.1, -0.05) is 20.3 Å². The Morgan fingerprint density at radius 3 is 2.57 bits per heavy atom. The molecule has 0 saturated carbocycles. The highest BCUT2D eigenvalue weighted by atomic mass is 79.9. The van der Waals surface area contributed by atoms with E-state index in [9.17, 15) is 17.6 Å². The second-order valence-electron chi connectivity index (χ2n) is 4.58. The van der Waals surface area contributed by atoms with Crippen molar-refractivity contribution in [2.45, 2.75) is 31.2 Å². The largest absolute Gasteiger partial charge is 0.468 e. The minimum Gasteiger partial charge on any atom is -0.468 e. The molecule has 21 heavy (non-hydrogen) atoms. The number of ether oxygens (including phenoxy) is 1. The first-order valence-electron chi connectivity index (χ1n) is 6.28. The summed E-state index contributed by atoms with van der Waals surface area (Å²) in [5.74, 6) is -1.63. The van der Waals surface area contributed by atoms with Crippen LogP contribution in [0.5, 0.6) is 0 Å². The van der Waals surface area contributed by atoms with E-state index in [2.05, 4.69) is 25.4 Å². The fraction of sp³-hybridized carbons (Fsp3) is 0.462. The van der Waals surface area contributed by atoms with Gasteiger partial charge < -0.3 is 4.74 Å². The number of methoxy groups -OCH3 is 1. The lowest BCUT2D eigenvalue weighted by Crippen LogP contribution is -2.45. The first-order valence-corrected chi connectivity index (χ1v) is 8.55. The van der Waals surface area contributed by atoms with Crippen LogP contribution in [-0.2, 0) is 19.6 Å². The highest BCUT2D eigenvalue weighted by Crippen LogP contribution is 2.20. The number of carbonyl (C=O) groups is 1. The van der Waals surface area contributed by atoms with Crippen LogP contribution >= 0.6 is 15.9 Å². The molecule has 0 aromatic heterocycles. The fourth-order valence-electron chi connectivity index (χ4n) is 1.64. The van der Waals surface area contributed by atoms with Crippen molar-refractivity contribution in [2.75, 3.05) is 7.11 Å². The second kappa shape index (κ2) is 7.33. The van der Waals surface area contributed by atoms with Crippen LogP contribution in [0.15, 0.2) is 27.6 Å². The van der Waals surface area contributed by atoms with E-state index >= 15 is 0 Å². The van der Waals surface area contributed by atoms with Crippen molar-refractivity contribution >= 4 is 31.9 Å². The molecular formula is C13H17BrFNO4S. The molecule has 2 atom stereocenters. The van der Waals surface area contributed by atoms with Crippen LogP contribution in [0.3, 0.4) is 0 Å². The summed E-state index contributed by atoms with van der Waals surface area (Å²) in [6.07, 6.45) is 0.580. The average molecular weight is 382 g/mol. The molecule has 1 rings (SSSR count). The number of carbonyl (C=O) groups excluding carboxylic acids is 1. The molecule has 0 aliphatic carbocycles. The summed E-state index contributed by atoms with van der Waals surface area (Å²) in [6.45, 7) is 3.56. The van der Waals surface area contributed by atoms with E-state index in [0.717, 1.165) is 6.07 Å². The lowest BCUT2D eigenvalue weighted by Gasteiger charge is -2.21. The summed E-state index contributed by atoms with van der Waals surface area (Å²) >= 11 is 2.95. The number of sulfonamides is 1. The molecule has 2 unspecified atom stereocenters. The minimum atomic E-state index is -4.02. The van der Waals surface area contributed by atoms with Crippen molar-refractivity contribution in [3.8, 4) is 0 Å². The number of halogens is 2. The molecule has 5 nitrogen and oxygen atoms in total. The van der Waals surface area contributed by atoms with Crippen LogP contribution < -0.4 is 4.72 Å². The maximum Gasteiger partial charge on any atom is 0.324 e. The number of nitrogens with one attached hydrogen (secondary N) is 1. The molecule has 0 aliphatic rings. The monoisotopic (exact) mass is 381 g/mol. The first-order chi connectivity index (χ1) is 9.72. The van der Waals surface area contributed by atoms with Crippen LogP contribution in [0.4, 0.5) is 4.39 Å². The standard InChI is InChI=1S/C13H17BrFNO4S/c1-4-8(2)12(13(17)20-3)16-21(18,19)9-5-6-10(14)11(15)7-9/h5-8,12,16H,4H2,1-3H3. The van der Waals surface area contributed by atoms with Crippen molar-refractivity contribution in [1.29, 1.82) is 0 Å². The number of benzene rings is 1. The van der Waals surface area contributed by atoms with E-state index in [4.69, 9.17) is 0 Å². The van der Waals surface area contributed by atoms with Crippen LogP contribution in [0.1, 0.15) is 20.3 Å². The Labute approximate surface area is 132 Å². The zero-order chi connectivity index (χ0) is 16.2. The van der Waals surface area contributed by atoms with E-state index in [1.165, 1.54) is 19.2 Å². The molecule has 0 saturated heterocycles. The van der Waals surface area contributed by atoms with Gasteiger partial charge in [-0.05, 0) is 40.0 Å². The SMILES string of the molecule is CCC(C)C(NS(=O)(=O)c1ccc(Br)c(F)c1)C(=O)OC. The smallest absolute Gasteiger partial charge is 0.324 e. The molecule has 1 N–H and O–H groups in total. The molecule has 0 spiro atoms. The van der Waals surface area contributed by atoms with E-state index < -0.39 is 27.9 Å². The predicted octanol–water partition coefficient (Wildman–Crippen LogP) is 2.45. The average Bonchev–Trinajstić information content (AvgIpc) is 2.45. The van der Waals surface area contributed by atoms with Gasteiger partial charge in [0.05, 0.1) is 16.5 Å². The lowest BCUT2D eigenvalue weighted by atomic mass is 10.0. The molecule has 0 heterocycles. The van der Waals surface area contributed by atoms with E-state index in [1.54, 1.807) is 6.92 Å². The Bertz CT molecular complexity index is 621. The Morgan fingerprint density at radius 2 is 2.10 bits per heavy atom. The summed E-state index contributed by atoms with van der Waals surface area (Å²) in [5.41, 5.74) is 0. The van der Waals surface area contributed by atoms with Gasteiger partial charge in [-0.25, -0.2) is 12.8 Å². The number of esters is 1. The Morgan fingerprint density at radius 1 is 1.48 bits per heavy atom. The van der Waals surface area contributed by atoms with Gasteiger partial charge in [0.1, 0.15) is 11.9 Å². The predicted molar refractivity (Wildman–Crippen MR) is 79.7 cm³/mol. The highest BCUT2D eigenvalue weighted by Gasteiger charge is 2.30. The molecule has 1 aromatic carbocycles. The molecule has 0 radical (unpaired) electrons. The highest BCUT2D eigenvalue weighted by molar-refractivity contribution is 9.10. The van der Waals surface area contributed by atoms with Gasteiger partial charge in [-0.2, -0.15) is 4.72 Å². The third-order valence-corrected chi connectivity index (χ3v) is 5.23. The minimum absolute atomic E-state index is 0.160. The van der Waals surface area contributed by atoms with Gasteiger partial charge in [-0.15, -0.1) is 0 Å². The molecule has 0 fully saturated rings. The van der Waals surface area contributed by atoms with Crippen LogP contribution in [0.25, 0.3) is 0 Å². The number of rotatable bonds is 6. The third kappa shape index (κ3) is 4.49. The lowest BCUT2D eigenvalue weighted by molar-refractivity contribution is -0.143. The molecule has 118 valence electrons. The van der Waals surface area contributed by atoms with E-state index in [-0.39, 0.29) is 15.3 Å². The van der Waals surface area contributed by atoms with Gasteiger partial charge in [0.25, 0.3) is 0 Å². The van der Waals surface area contributed by atoms with Crippen LogP contribution in [-0.4, -0.2) is 27.5 Å². The van der Waals surface area contributed by atoms with Crippen molar-refractivity contribution in [3.05, 3.63) is 28.5 Å². The van der Waals surface area contributed by atoms with Crippen molar-refractivity contribution in [3.63, 3.8) is 0 Å². The summed E-state index contributed by atoms with van der Waals surface area (Å²) in [6, 6.07) is 2.41. The van der Waals surface area contributed by atoms with Crippen LogP contribution in [0, 0.1) is 11.7 Å². The summed E-state index contributed by atoms with van der Waals surface area (Å²) in [5, 5.41) is 0. The van der Waals surface area contributed by atoms with E-state index in [1.807, 2.05) is 6.92 Å². The number of hydrogen-bond donors (Lipinski definition) is 1. The summed E-state index contributed by atoms with van der Waals surface area (Å²) < 4.78 is 45.0. The topological polar surface area (TPSA) is 72.5 Å². The van der Waals surface area contributed by atoms with Crippen LogP contribution in [0.2, 0.25) is 0 Å². The van der Waals surface area contributed by atoms with Gasteiger partial charge >= 0.3 is 5.97 Å². The van der Waals surface area contributed by atoms with Crippen molar-refractivity contribution in [1.82, 2.24) is 4.72 Å². The third-order valence-electron chi connectivity index (χ3n) is 3.15. The maximum atomic E-state index is 13.5. The zero-order valence-corrected chi connectivity index (χ0v) is 14.3. The molecule has 0 aliphatic heterocycles. The van der Waals surface area contributed by atoms with Gasteiger partial charge in [-0.3, -0.25) is 4.79 Å². The zero-order valence-electron chi connectivity index (χ0n) is 11.9. The maximum absolute atomic E-state index is 13.5. The molecule has 1 aromatic rings.